The fraction of sp³-hybridized carbons (Fsp3) is 0.444. The molecule has 1 saturated heterocycles. The van der Waals surface area contributed by atoms with Gasteiger partial charge in [0.25, 0.3) is 0 Å². The predicted octanol–water partition coefficient (Wildman–Crippen LogP) is 0.345. The van der Waals surface area contributed by atoms with Gasteiger partial charge in [-0.25, -0.2) is 0 Å². The Balaban J connectivity index is 1.57. The van der Waals surface area contributed by atoms with Gasteiger partial charge in [-0.15, -0.1) is 0 Å². The van der Waals surface area contributed by atoms with Gasteiger partial charge in [-0.2, -0.15) is 0 Å². The average molecular weight is 512 g/mol. The van der Waals surface area contributed by atoms with Crippen LogP contribution >= 0.6 is 0 Å². The highest BCUT2D eigenvalue weighted by Crippen LogP contribution is 2.40. The van der Waals surface area contributed by atoms with Crippen molar-refractivity contribution >= 4 is 17.7 Å². The monoisotopic (exact) mass is 511 g/mol. The number of amides is 3. The van der Waals surface area contributed by atoms with Crippen LogP contribution in [0.4, 0.5) is 0 Å². The molecule has 37 heavy (non-hydrogen) atoms. The van der Waals surface area contributed by atoms with Gasteiger partial charge in [0, 0.05) is 18.9 Å². The first kappa shape index (κ1) is 26.4. The third-order valence-electron chi connectivity index (χ3n) is 7.39. The van der Waals surface area contributed by atoms with Crippen LogP contribution in [0.3, 0.4) is 0 Å². The topological polar surface area (TPSA) is 173 Å². The molecule has 2 fully saturated rings. The Bertz CT molecular complexity index is 1120. The lowest BCUT2D eigenvalue weighted by molar-refractivity contribution is -0.144. The molecular formula is C27H33N3O7. The van der Waals surface area contributed by atoms with Gasteiger partial charge in [0.2, 0.25) is 17.7 Å². The summed E-state index contributed by atoms with van der Waals surface area (Å²) >= 11 is 0. The van der Waals surface area contributed by atoms with Gasteiger partial charge in [0.15, 0.2) is 0 Å². The first-order chi connectivity index (χ1) is 17.6. The summed E-state index contributed by atoms with van der Waals surface area (Å²) in [5.74, 6) is -1.78. The lowest BCUT2D eigenvalue weighted by Gasteiger charge is -2.37. The summed E-state index contributed by atoms with van der Waals surface area (Å²) in [4.78, 5) is 40.6. The first-order valence-electron chi connectivity index (χ1n) is 12.5. The van der Waals surface area contributed by atoms with E-state index in [4.69, 9.17) is 5.73 Å². The van der Waals surface area contributed by atoms with E-state index in [1.54, 1.807) is 24.3 Å². The minimum atomic E-state index is -1.46. The maximum atomic E-state index is 13.9. The number of aliphatic hydroxyl groups is 2. The zero-order valence-electron chi connectivity index (χ0n) is 20.4. The van der Waals surface area contributed by atoms with E-state index < -0.39 is 42.0 Å². The van der Waals surface area contributed by atoms with E-state index in [1.165, 1.54) is 29.2 Å². The smallest absolute Gasteiger partial charge is 0.249 e. The molecule has 1 aliphatic heterocycles. The largest absolute Gasteiger partial charge is 0.508 e. The number of hydrogen-bond donors (Lipinski definition) is 6. The van der Waals surface area contributed by atoms with Crippen molar-refractivity contribution in [2.45, 2.75) is 68.9 Å². The van der Waals surface area contributed by atoms with Crippen molar-refractivity contribution in [2.75, 3.05) is 0 Å². The zero-order chi connectivity index (χ0) is 26.7. The van der Waals surface area contributed by atoms with Crippen LogP contribution in [-0.4, -0.2) is 73.4 Å². The second-order valence-corrected chi connectivity index (χ2v) is 10.0. The van der Waals surface area contributed by atoms with Crippen molar-refractivity contribution in [3.05, 3.63) is 59.7 Å². The van der Waals surface area contributed by atoms with Gasteiger partial charge in [0.05, 0.1) is 6.10 Å². The van der Waals surface area contributed by atoms with Crippen LogP contribution in [0, 0.1) is 5.92 Å². The molecule has 1 saturated carbocycles. The number of nitrogens with two attached hydrogens (primary N) is 1. The standard InChI is InChI=1S/C27H33N3O7/c28-25(35)23-13-17-5-10-20(33)14-22(17)30(23)27(37)21(11-15-1-6-18(31)7-2-15)29-26(36)24(34)12-16-3-8-19(32)9-4-16/h1-4,6-9,17,20-24,31-34H,5,10-14H2,(H2,28,35)(H,29,36)/t17-,20-,21+,22-,23-,24+/m0/s1. The molecule has 10 nitrogen and oxygen atoms in total. The Labute approximate surface area is 214 Å². The summed E-state index contributed by atoms with van der Waals surface area (Å²) in [6.07, 6.45) is -0.0540. The van der Waals surface area contributed by atoms with Crippen molar-refractivity contribution < 1.29 is 34.8 Å². The number of fused-ring (bicyclic) bond motifs is 1. The van der Waals surface area contributed by atoms with E-state index in [0.29, 0.717) is 36.8 Å². The molecule has 2 aromatic rings. The summed E-state index contributed by atoms with van der Waals surface area (Å²) in [5.41, 5.74) is 6.93. The quantitative estimate of drug-likeness (QED) is 0.296. The van der Waals surface area contributed by atoms with Crippen molar-refractivity contribution in [1.82, 2.24) is 10.2 Å². The number of nitrogens with zero attached hydrogens (tertiary/aromatic N) is 1. The number of rotatable bonds is 8. The minimum Gasteiger partial charge on any atom is -0.508 e. The second kappa shape index (κ2) is 11.2. The number of carbonyl (C=O) groups is 3. The number of hydrogen-bond acceptors (Lipinski definition) is 7. The number of primary amides is 1. The highest BCUT2D eigenvalue weighted by atomic mass is 16.3. The number of phenols is 2. The predicted molar refractivity (Wildman–Crippen MR) is 133 cm³/mol. The fourth-order valence-electron chi connectivity index (χ4n) is 5.47. The summed E-state index contributed by atoms with van der Waals surface area (Å²) in [5, 5.41) is 42.6. The lowest BCUT2D eigenvalue weighted by Crippen LogP contribution is -2.58. The van der Waals surface area contributed by atoms with Crippen molar-refractivity contribution in [3.63, 3.8) is 0 Å². The van der Waals surface area contributed by atoms with Crippen molar-refractivity contribution in [1.29, 1.82) is 0 Å². The van der Waals surface area contributed by atoms with Gasteiger partial charge in [-0.3, -0.25) is 14.4 Å². The third-order valence-corrected chi connectivity index (χ3v) is 7.39. The molecule has 0 radical (unpaired) electrons. The number of aliphatic hydroxyl groups excluding tert-OH is 2. The van der Waals surface area contributed by atoms with Gasteiger partial charge < -0.3 is 36.4 Å². The van der Waals surface area contributed by atoms with Crippen LogP contribution in [0.1, 0.15) is 36.8 Å². The highest BCUT2D eigenvalue weighted by molar-refractivity contribution is 5.93. The van der Waals surface area contributed by atoms with Crippen LogP contribution in [0.5, 0.6) is 11.5 Å². The minimum absolute atomic E-state index is 0.0231. The number of likely N-dealkylation sites (tertiary alicyclic amines) is 1. The molecule has 1 heterocycles. The van der Waals surface area contributed by atoms with E-state index in [2.05, 4.69) is 5.32 Å². The summed E-state index contributed by atoms with van der Waals surface area (Å²) in [6.45, 7) is 0. The SMILES string of the molecule is NC(=O)[C@@H]1C[C@@H]2CC[C@H](O)C[C@@H]2N1C(=O)[C@@H](Cc1ccc(O)cc1)NC(=O)[C@H](O)Cc1ccc(O)cc1. The van der Waals surface area contributed by atoms with Crippen LogP contribution in [0.2, 0.25) is 0 Å². The Morgan fingerprint density at radius 2 is 1.49 bits per heavy atom. The van der Waals surface area contributed by atoms with Gasteiger partial charge in [-0.1, -0.05) is 24.3 Å². The van der Waals surface area contributed by atoms with E-state index in [9.17, 15) is 34.8 Å². The molecule has 0 bridgehead atoms. The van der Waals surface area contributed by atoms with Crippen LogP contribution in [0.15, 0.2) is 48.5 Å². The summed E-state index contributed by atoms with van der Waals surface area (Å²) in [7, 11) is 0. The van der Waals surface area contributed by atoms with E-state index >= 15 is 0 Å². The van der Waals surface area contributed by atoms with Crippen LogP contribution in [-0.2, 0) is 27.2 Å². The second-order valence-electron chi connectivity index (χ2n) is 10.0. The molecule has 10 heteroatoms. The Morgan fingerprint density at radius 3 is 2.05 bits per heavy atom. The number of phenolic OH excluding ortho intramolecular Hbond substituents is 2. The maximum Gasteiger partial charge on any atom is 0.249 e. The molecule has 0 unspecified atom stereocenters. The number of carbonyl (C=O) groups excluding carboxylic acids is 3. The van der Waals surface area contributed by atoms with Crippen molar-refractivity contribution in [3.8, 4) is 11.5 Å². The van der Waals surface area contributed by atoms with E-state index in [1.807, 2.05) is 0 Å². The number of nitrogens with one attached hydrogen (secondary N) is 1. The van der Waals surface area contributed by atoms with Crippen molar-refractivity contribution in [2.24, 2.45) is 11.7 Å². The molecular weight excluding hydrogens is 478 g/mol. The molecule has 0 spiro atoms. The van der Waals surface area contributed by atoms with Crippen LogP contribution < -0.4 is 11.1 Å². The first-order valence-corrected chi connectivity index (χ1v) is 12.5. The van der Waals surface area contributed by atoms with E-state index in [-0.39, 0.29) is 36.3 Å². The fourth-order valence-corrected chi connectivity index (χ4v) is 5.47. The Morgan fingerprint density at radius 1 is 0.919 bits per heavy atom. The highest BCUT2D eigenvalue weighted by Gasteiger charge is 2.49. The third kappa shape index (κ3) is 6.20. The number of aromatic hydroxyl groups is 2. The Kier molecular flexibility index (Phi) is 7.99. The molecule has 1 aliphatic carbocycles. The average Bonchev–Trinajstić information content (AvgIpc) is 3.24. The normalized spacial score (nSPS) is 24.6. The molecule has 198 valence electrons. The molecule has 2 aromatic carbocycles. The molecule has 4 rings (SSSR count). The zero-order valence-corrected chi connectivity index (χ0v) is 20.4. The molecule has 2 aliphatic rings. The van der Waals surface area contributed by atoms with Crippen LogP contribution in [0.25, 0.3) is 0 Å². The molecule has 3 amide bonds. The summed E-state index contributed by atoms with van der Waals surface area (Å²) in [6, 6.07) is 9.89. The van der Waals surface area contributed by atoms with Gasteiger partial charge in [-0.05, 0) is 67.0 Å². The van der Waals surface area contributed by atoms with Gasteiger partial charge in [0.1, 0.15) is 29.7 Å². The van der Waals surface area contributed by atoms with E-state index in [0.717, 1.165) is 0 Å². The Hall–Kier alpha value is -3.63. The molecule has 6 atom stereocenters. The summed E-state index contributed by atoms with van der Waals surface area (Å²) < 4.78 is 0. The number of benzene rings is 2. The molecule has 0 aromatic heterocycles. The maximum absolute atomic E-state index is 13.9. The lowest BCUT2D eigenvalue weighted by atomic mass is 9.83. The molecule has 7 N–H and O–H groups in total. The van der Waals surface area contributed by atoms with Gasteiger partial charge >= 0.3 is 0 Å².